The summed E-state index contributed by atoms with van der Waals surface area (Å²) in [5.41, 5.74) is 4.22. The van der Waals surface area contributed by atoms with Crippen molar-refractivity contribution in [2.75, 3.05) is 0 Å². The van der Waals surface area contributed by atoms with Gasteiger partial charge in [-0.15, -0.1) is 0 Å². The summed E-state index contributed by atoms with van der Waals surface area (Å²) in [6, 6.07) is 11.6. The first kappa shape index (κ1) is 12.2. The molecule has 0 radical (unpaired) electrons. The molecule has 1 N–H and O–H groups in total. The van der Waals surface area contributed by atoms with Crippen molar-refractivity contribution in [3.05, 3.63) is 59.0 Å². The van der Waals surface area contributed by atoms with Gasteiger partial charge in [-0.3, -0.25) is 4.90 Å². The Balaban J connectivity index is 1.41. The van der Waals surface area contributed by atoms with E-state index >= 15 is 0 Å². The highest BCUT2D eigenvalue weighted by atomic mass is 16.3. The Morgan fingerprint density at radius 1 is 1.10 bits per heavy atom. The Labute approximate surface area is 119 Å². The third-order valence-electron chi connectivity index (χ3n) is 4.27. The minimum Gasteiger partial charge on any atom is -0.468 e. The van der Waals surface area contributed by atoms with Crippen molar-refractivity contribution in [2.24, 2.45) is 0 Å². The smallest absolute Gasteiger partial charge is 0.122 e. The van der Waals surface area contributed by atoms with Gasteiger partial charge in [-0.25, -0.2) is 0 Å². The van der Waals surface area contributed by atoms with Gasteiger partial charge in [0.15, 0.2) is 0 Å². The van der Waals surface area contributed by atoms with E-state index in [1.807, 2.05) is 6.26 Å². The molecule has 1 aliphatic carbocycles. The Morgan fingerprint density at radius 2 is 1.85 bits per heavy atom. The molecule has 1 aromatic heterocycles. The number of rotatable bonds is 5. The van der Waals surface area contributed by atoms with Crippen LogP contribution in [0.2, 0.25) is 0 Å². The predicted octanol–water partition coefficient (Wildman–Crippen LogP) is 3.05. The summed E-state index contributed by atoms with van der Waals surface area (Å²) < 4.78 is 5.70. The molecule has 3 nitrogen and oxygen atoms in total. The first-order valence-electron chi connectivity index (χ1n) is 7.46. The van der Waals surface area contributed by atoms with Crippen LogP contribution in [-0.2, 0) is 26.2 Å². The lowest BCUT2D eigenvalue weighted by Gasteiger charge is -2.14. The number of fused-ring (bicyclic) bond motifs is 1. The Hall–Kier alpha value is -1.58. The van der Waals surface area contributed by atoms with Crippen LogP contribution >= 0.6 is 0 Å². The minimum absolute atomic E-state index is 0.744. The van der Waals surface area contributed by atoms with E-state index in [0.29, 0.717) is 0 Å². The second-order valence-electron chi connectivity index (χ2n) is 5.94. The lowest BCUT2D eigenvalue weighted by molar-refractivity contribution is 0.249. The van der Waals surface area contributed by atoms with E-state index < -0.39 is 0 Å². The van der Waals surface area contributed by atoms with Gasteiger partial charge in [-0.2, -0.15) is 0 Å². The minimum atomic E-state index is 0.744. The summed E-state index contributed by atoms with van der Waals surface area (Å²) in [7, 11) is 0. The lowest BCUT2D eigenvalue weighted by Crippen LogP contribution is -2.19. The number of hydrogen-bond donors (Lipinski definition) is 1. The molecule has 1 aromatic carbocycles. The third kappa shape index (κ3) is 2.51. The maximum Gasteiger partial charge on any atom is 0.122 e. The van der Waals surface area contributed by atoms with Gasteiger partial charge in [0.1, 0.15) is 5.76 Å². The monoisotopic (exact) mass is 268 g/mol. The molecule has 0 spiro atoms. The number of nitrogens with zero attached hydrogens (tertiary/aromatic N) is 1. The molecule has 0 amide bonds. The van der Waals surface area contributed by atoms with Crippen molar-refractivity contribution < 1.29 is 4.42 Å². The van der Waals surface area contributed by atoms with E-state index in [0.717, 1.165) is 38.0 Å². The van der Waals surface area contributed by atoms with E-state index in [9.17, 15) is 0 Å². The molecule has 3 heteroatoms. The fourth-order valence-corrected chi connectivity index (χ4v) is 2.92. The van der Waals surface area contributed by atoms with Crippen LogP contribution in [0, 0.1) is 0 Å². The van der Waals surface area contributed by atoms with E-state index in [1.165, 1.54) is 29.5 Å². The molecule has 0 saturated heterocycles. The van der Waals surface area contributed by atoms with Crippen molar-refractivity contribution in [2.45, 2.75) is 45.1 Å². The molecule has 20 heavy (non-hydrogen) atoms. The molecule has 0 atom stereocenters. The maximum atomic E-state index is 5.70. The summed E-state index contributed by atoms with van der Waals surface area (Å²) in [6.07, 6.45) is 4.48. The zero-order valence-electron chi connectivity index (χ0n) is 11.6. The largest absolute Gasteiger partial charge is 0.468 e. The summed E-state index contributed by atoms with van der Waals surface area (Å²) in [5, 5.41) is 3.56. The molecule has 1 saturated carbocycles. The van der Waals surface area contributed by atoms with E-state index in [4.69, 9.17) is 4.42 Å². The highest BCUT2D eigenvalue weighted by Gasteiger charge is 2.23. The van der Waals surface area contributed by atoms with Gasteiger partial charge in [-0.1, -0.05) is 24.3 Å². The Kier molecular flexibility index (Phi) is 3.09. The number of nitrogens with one attached hydrogen (secondary N) is 1. The van der Waals surface area contributed by atoms with Crippen LogP contribution < -0.4 is 5.32 Å². The molecular formula is C17H20N2O. The van der Waals surface area contributed by atoms with Crippen LogP contribution in [0.15, 0.2) is 41.0 Å². The zero-order valence-corrected chi connectivity index (χ0v) is 11.6. The Bertz CT molecular complexity index is 576. The van der Waals surface area contributed by atoms with Gasteiger partial charge in [0.25, 0.3) is 0 Å². The van der Waals surface area contributed by atoms with Crippen molar-refractivity contribution >= 4 is 0 Å². The summed E-state index contributed by atoms with van der Waals surface area (Å²) in [4.78, 5) is 2.45. The lowest BCUT2D eigenvalue weighted by atomic mass is 10.1. The summed E-state index contributed by atoms with van der Waals surface area (Å²) >= 11 is 0. The predicted molar refractivity (Wildman–Crippen MR) is 78.0 cm³/mol. The Morgan fingerprint density at radius 3 is 2.55 bits per heavy atom. The first-order valence-corrected chi connectivity index (χ1v) is 7.46. The molecule has 2 aliphatic rings. The van der Waals surface area contributed by atoms with Gasteiger partial charge in [0.2, 0.25) is 0 Å². The number of furan rings is 1. The average Bonchev–Trinajstić information content (AvgIpc) is 3.04. The zero-order chi connectivity index (χ0) is 13.4. The first-order chi connectivity index (χ1) is 9.88. The summed E-state index contributed by atoms with van der Waals surface area (Å²) in [6.45, 7) is 3.92. The van der Waals surface area contributed by atoms with Gasteiger partial charge >= 0.3 is 0 Å². The van der Waals surface area contributed by atoms with Crippen LogP contribution in [0.3, 0.4) is 0 Å². The molecular weight excluding hydrogens is 248 g/mol. The summed E-state index contributed by atoms with van der Waals surface area (Å²) in [5.74, 6) is 1.12. The number of hydrogen-bond acceptors (Lipinski definition) is 3. The van der Waals surface area contributed by atoms with E-state index in [2.05, 4.69) is 40.5 Å². The highest BCUT2D eigenvalue weighted by molar-refractivity contribution is 5.30. The van der Waals surface area contributed by atoms with Crippen molar-refractivity contribution in [1.29, 1.82) is 0 Å². The normalized spacial score (nSPS) is 18.4. The third-order valence-corrected chi connectivity index (χ3v) is 4.27. The molecule has 2 heterocycles. The average molecular weight is 268 g/mol. The van der Waals surface area contributed by atoms with Gasteiger partial charge in [0, 0.05) is 31.2 Å². The van der Waals surface area contributed by atoms with E-state index in [1.54, 1.807) is 0 Å². The van der Waals surface area contributed by atoms with Crippen LogP contribution in [0.5, 0.6) is 0 Å². The standard InChI is InChI=1S/C17H20N2O/c1-2-4-15-11-19(10-14(15)3-1)12-17-13(7-8-20-17)9-18-16-5-6-16/h1-4,7-8,16,18H,5-6,9-12H2. The van der Waals surface area contributed by atoms with Crippen LogP contribution in [0.4, 0.5) is 0 Å². The molecule has 1 fully saturated rings. The van der Waals surface area contributed by atoms with Gasteiger partial charge in [0.05, 0.1) is 12.8 Å². The SMILES string of the molecule is c1ccc2c(c1)CN(Cc1occc1CNC1CC1)C2. The molecule has 0 unspecified atom stereocenters. The molecule has 0 bridgehead atoms. The molecule has 4 rings (SSSR count). The molecule has 104 valence electrons. The number of benzene rings is 1. The van der Waals surface area contributed by atoms with Crippen LogP contribution in [0.1, 0.15) is 35.3 Å². The maximum absolute atomic E-state index is 5.70. The van der Waals surface area contributed by atoms with Crippen molar-refractivity contribution in [3.8, 4) is 0 Å². The van der Waals surface area contributed by atoms with Gasteiger partial charge in [-0.05, 0) is 30.0 Å². The van der Waals surface area contributed by atoms with E-state index in [-0.39, 0.29) is 0 Å². The fourth-order valence-electron chi connectivity index (χ4n) is 2.92. The fraction of sp³-hybridized carbons (Fsp3) is 0.412. The van der Waals surface area contributed by atoms with Crippen LogP contribution in [-0.4, -0.2) is 10.9 Å². The molecule has 2 aromatic rings. The second-order valence-corrected chi connectivity index (χ2v) is 5.94. The highest BCUT2D eigenvalue weighted by Crippen LogP contribution is 2.25. The topological polar surface area (TPSA) is 28.4 Å². The van der Waals surface area contributed by atoms with Crippen molar-refractivity contribution in [3.63, 3.8) is 0 Å². The van der Waals surface area contributed by atoms with Gasteiger partial charge < -0.3 is 9.73 Å². The second kappa shape index (κ2) is 5.08. The quantitative estimate of drug-likeness (QED) is 0.903. The van der Waals surface area contributed by atoms with Crippen molar-refractivity contribution in [1.82, 2.24) is 10.2 Å². The molecule has 1 aliphatic heterocycles. The van der Waals surface area contributed by atoms with Crippen LogP contribution in [0.25, 0.3) is 0 Å².